The lowest BCUT2D eigenvalue weighted by Crippen LogP contribution is -2.34. The van der Waals surface area contributed by atoms with Gasteiger partial charge in [0, 0.05) is 12.6 Å². The molecule has 0 saturated carbocycles. The number of aromatic carboxylic acids is 1. The van der Waals surface area contributed by atoms with Crippen LogP contribution in [0.5, 0.6) is 5.75 Å². The van der Waals surface area contributed by atoms with Gasteiger partial charge in [-0.2, -0.15) is 0 Å². The van der Waals surface area contributed by atoms with Crippen molar-refractivity contribution in [3.8, 4) is 5.75 Å². The van der Waals surface area contributed by atoms with Crippen LogP contribution in [0.3, 0.4) is 0 Å². The van der Waals surface area contributed by atoms with E-state index in [9.17, 15) is 4.79 Å². The molecule has 0 atom stereocenters. The third kappa shape index (κ3) is 4.37. The van der Waals surface area contributed by atoms with Gasteiger partial charge < -0.3 is 9.84 Å². The Balaban J connectivity index is 2.42. The van der Waals surface area contributed by atoms with Gasteiger partial charge in [-0.25, -0.2) is 4.79 Å². The number of benzene rings is 1. The van der Waals surface area contributed by atoms with Crippen molar-refractivity contribution in [1.82, 2.24) is 4.90 Å². The van der Waals surface area contributed by atoms with Gasteiger partial charge in [0.15, 0.2) is 0 Å². The molecule has 0 aromatic heterocycles. The Morgan fingerprint density at radius 1 is 1.33 bits per heavy atom. The van der Waals surface area contributed by atoms with Crippen LogP contribution in [0.2, 0.25) is 0 Å². The average molecular weight is 251 g/mol. The van der Waals surface area contributed by atoms with E-state index in [-0.39, 0.29) is 5.56 Å². The summed E-state index contributed by atoms with van der Waals surface area (Å²) in [7, 11) is 0. The molecule has 1 rings (SSSR count). The summed E-state index contributed by atoms with van der Waals surface area (Å²) < 4.78 is 5.59. The molecule has 4 heteroatoms. The molecular formula is C14H21NO3. The minimum atomic E-state index is -0.918. The smallest absolute Gasteiger partial charge is 0.335 e. The molecule has 0 radical (unpaired) electrons. The summed E-state index contributed by atoms with van der Waals surface area (Å²) in [4.78, 5) is 13.0. The van der Waals surface area contributed by atoms with Crippen molar-refractivity contribution in [2.24, 2.45) is 0 Å². The predicted octanol–water partition coefficient (Wildman–Crippen LogP) is 2.49. The number of carbonyl (C=O) groups is 1. The summed E-state index contributed by atoms with van der Waals surface area (Å²) in [6.45, 7) is 8.92. The predicted molar refractivity (Wildman–Crippen MR) is 71.3 cm³/mol. The lowest BCUT2D eigenvalue weighted by atomic mass is 10.2. The molecule has 1 N–H and O–H groups in total. The highest BCUT2D eigenvalue weighted by Gasteiger charge is 2.07. The minimum Gasteiger partial charge on any atom is -0.492 e. The van der Waals surface area contributed by atoms with Crippen molar-refractivity contribution in [2.45, 2.75) is 26.8 Å². The minimum absolute atomic E-state index is 0.278. The first-order valence-corrected chi connectivity index (χ1v) is 6.24. The monoisotopic (exact) mass is 251 g/mol. The zero-order chi connectivity index (χ0) is 13.5. The highest BCUT2D eigenvalue weighted by atomic mass is 16.5. The second-order valence-electron chi connectivity index (χ2n) is 4.40. The number of hydrogen-bond acceptors (Lipinski definition) is 3. The maximum atomic E-state index is 10.7. The topological polar surface area (TPSA) is 49.8 Å². The first kappa shape index (κ1) is 14.5. The molecule has 100 valence electrons. The Morgan fingerprint density at radius 2 is 1.94 bits per heavy atom. The van der Waals surface area contributed by atoms with Crippen LogP contribution < -0.4 is 4.74 Å². The number of likely N-dealkylation sites (N-methyl/N-ethyl adjacent to an activating group) is 1. The van der Waals surface area contributed by atoms with E-state index in [4.69, 9.17) is 9.84 Å². The molecule has 18 heavy (non-hydrogen) atoms. The van der Waals surface area contributed by atoms with E-state index >= 15 is 0 Å². The van der Waals surface area contributed by atoms with Crippen LogP contribution in [0.4, 0.5) is 0 Å². The van der Waals surface area contributed by atoms with Gasteiger partial charge in [0.25, 0.3) is 0 Å². The fourth-order valence-electron chi connectivity index (χ4n) is 1.76. The first-order valence-electron chi connectivity index (χ1n) is 6.24. The van der Waals surface area contributed by atoms with E-state index in [0.717, 1.165) is 13.1 Å². The third-order valence-electron chi connectivity index (χ3n) is 2.88. The Bertz CT molecular complexity index is 373. The molecule has 0 unspecified atom stereocenters. The largest absolute Gasteiger partial charge is 0.492 e. The molecule has 1 aromatic carbocycles. The molecule has 0 aliphatic rings. The Kier molecular flexibility index (Phi) is 5.65. The summed E-state index contributed by atoms with van der Waals surface area (Å²) in [5.74, 6) is -0.210. The highest BCUT2D eigenvalue weighted by Crippen LogP contribution is 2.12. The molecular weight excluding hydrogens is 230 g/mol. The molecule has 0 saturated heterocycles. The molecule has 0 fully saturated rings. The van der Waals surface area contributed by atoms with Crippen molar-refractivity contribution in [3.05, 3.63) is 29.8 Å². The number of carboxylic acids is 1. The Labute approximate surface area is 108 Å². The lowest BCUT2D eigenvalue weighted by molar-refractivity contribution is 0.0697. The van der Waals surface area contributed by atoms with E-state index in [1.807, 2.05) is 0 Å². The lowest BCUT2D eigenvalue weighted by Gasteiger charge is -2.24. The van der Waals surface area contributed by atoms with Crippen LogP contribution in [0.15, 0.2) is 24.3 Å². The van der Waals surface area contributed by atoms with Crippen molar-refractivity contribution in [1.29, 1.82) is 0 Å². The summed E-state index contributed by atoms with van der Waals surface area (Å²) in [6.07, 6.45) is 0. The van der Waals surface area contributed by atoms with Crippen LogP contribution in [0, 0.1) is 0 Å². The van der Waals surface area contributed by atoms with E-state index in [0.29, 0.717) is 18.4 Å². The van der Waals surface area contributed by atoms with Crippen molar-refractivity contribution in [2.75, 3.05) is 19.7 Å². The van der Waals surface area contributed by atoms with E-state index in [1.54, 1.807) is 24.3 Å². The van der Waals surface area contributed by atoms with Gasteiger partial charge in [-0.3, -0.25) is 4.90 Å². The maximum Gasteiger partial charge on any atom is 0.335 e. The van der Waals surface area contributed by atoms with Gasteiger partial charge in [0.2, 0.25) is 0 Å². The summed E-state index contributed by atoms with van der Waals surface area (Å²) in [6, 6.07) is 6.99. The van der Waals surface area contributed by atoms with E-state index in [2.05, 4.69) is 25.7 Å². The fourth-order valence-corrected chi connectivity index (χ4v) is 1.76. The average Bonchev–Trinajstić information content (AvgIpc) is 2.34. The standard InChI is InChI=1S/C14H21NO3/c1-4-15(11(2)3)9-10-18-13-7-5-12(6-8-13)14(16)17/h5-8,11H,4,9-10H2,1-3H3,(H,16,17). The molecule has 0 bridgehead atoms. The maximum absolute atomic E-state index is 10.7. The SMILES string of the molecule is CCN(CCOc1ccc(C(=O)O)cc1)C(C)C. The number of hydrogen-bond donors (Lipinski definition) is 1. The van der Waals surface area contributed by atoms with Crippen molar-refractivity contribution < 1.29 is 14.6 Å². The first-order chi connectivity index (χ1) is 8.54. The molecule has 4 nitrogen and oxygen atoms in total. The van der Waals surface area contributed by atoms with Gasteiger partial charge in [-0.15, -0.1) is 0 Å². The molecule has 0 spiro atoms. The molecule has 0 aliphatic carbocycles. The van der Waals surface area contributed by atoms with Gasteiger partial charge in [-0.1, -0.05) is 6.92 Å². The normalized spacial score (nSPS) is 10.9. The van der Waals surface area contributed by atoms with Crippen molar-refractivity contribution in [3.63, 3.8) is 0 Å². The molecule has 0 heterocycles. The van der Waals surface area contributed by atoms with Gasteiger partial charge in [0.1, 0.15) is 12.4 Å². The number of ether oxygens (including phenoxy) is 1. The Hall–Kier alpha value is -1.55. The zero-order valence-electron chi connectivity index (χ0n) is 11.2. The third-order valence-corrected chi connectivity index (χ3v) is 2.88. The number of carboxylic acid groups (broad SMARTS) is 1. The fraction of sp³-hybridized carbons (Fsp3) is 0.500. The van der Waals surface area contributed by atoms with Gasteiger partial charge in [0.05, 0.1) is 5.56 Å². The zero-order valence-corrected chi connectivity index (χ0v) is 11.2. The quantitative estimate of drug-likeness (QED) is 0.809. The van der Waals surface area contributed by atoms with Crippen molar-refractivity contribution >= 4 is 5.97 Å². The highest BCUT2D eigenvalue weighted by molar-refractivity contribution is 5.87. The molecule has 0 aliphatic heterocycles. The van der Waals surface area contributed by atoms with Gasteiger partial charge >= 0.3 is 5.97 Å². The van der Waals surface area contributed by atoms with Crippen LogP contribution in [0.25, 0.3) is 0 Å². The Morgan fingerprint density at radius 3 is 2.39 bits per heavy atom. The van der Waals surface area contributed by atoms with Gasteiger partial charge in [-0.05, 0) is 44.7 Å². The van der Waals surface area contributed by atoms with E-state index < -0.39 is 5.97 Å². The second-order valence-corrected chi connectivity index (χ2v) is 4.40. The van der Waals surface area contributed by atoms with E-state index in [1.165, 1.54) is 0 Å². The summed E-state index contributed by atoms with van der Waals surface area (Å²) >= 11 is 0. The van der Waals surface area contributed by atoms with Crippen LogP contribution in [0.1, 0.15) is 31.1 Å². The summed E-state index contributed by atoms with van der Waals surface area (Å²) in [5.41, 5.74) is 0.278. The number of rotatable bonds is 7. The molecule has 1 aromatic rings. The van der Waals surface area contributed by atoms with Crippen LogP contribution in [-0.4, -0.2) is 41.7 Å². The molecule has 0 amide bonds. The summed E-state index contributed by atoms with van der Waals surface area (Å²) in [5, 5.41) is 8.77. The van der Waals surface area contributed by atoms with Crippen LogP contribution in [-0.2, 0) is 0 Å². The number of nitrogens with zero attached hydrogens (tertiary/aromatic N) is 1. The van der Waals surface area contributed by atoms with Crippen LogP contribution >= 0.6 is 0 Å². The second kappa shape index (κ2) is 7.01.